The number of hydrogen-bond acceptors (Lipinski definition) is 3. The molecule has 9 heavy (non-hydrogen) atoms. The fourth-order valence-electron chi connectivity index (χ4n) is 0.0442. The molecule has 0 aliphatic rings. The molecule has 0 aromatic rings. The van der Waals surface area contributed by atoms with E-state index in [4.69, 9.17) is 19.4 Å². The fourth-order valence-corrected chi connectivity index (χ4v) is 0.261. The second kappa shape index (κ2) is 2.29. The summed E-state index contributed by atoms with van der Waals surface area (Å²) in [6.45, 7) is 0. The molecule has 0 unspecified atom stereocenters. The Bertz CT molecular complexity index is 345. The van der Waals surface area contributed by atoms with Crippen molar-refractivity contribution < 1.29 is 24.6 Å². The van der Waals surface area contributed by atoms with E-state index in [1.807, 2.05) is 0 Å². The summed E-state index contributed by atoms with van der Waals surface area (Å²) in [6.07, 6.45) is 0. The van der Waals surface area contributed by atoms with E-state index in [9.17, 15) is 14.4 Å². The van der Waals surface area contributed by atoms with Gasteiger partial charge >= 0.3 is 57.5 Å². The van der Waals surface area contributed by atoms with Gasteiger partial charge in [0.15, 0.2) is 0 Å². The van der Waals surface area contributed by atoms with Gasteiger partial charge in [0.05, 0.1) is 0 Å². The molecule has 0 amide bonds. The molecule has 0 aromatic heterocycles. The number of halogens is 2. The molecule has 0 radical (unpaired) electrons. The molecule has 51 valence electrons. The summed E-state index contributed by atoms with van der Waals surface area (Å²) < 4.78 is 2.90. The van der Waals surface area contributed by atoms with E-state index >= 15 is 0 Å². The minimum atomic E-state index is -5.09. The average Bonchev–Trinajstić information content (AvgIpc) is 1.90. The molecule has 6 heteroatoms. The summed E-state index contributed by atoms with van der Waals surface area (Å²) in [7, 11) is 4.95. The number of carbonyl (C=O) groups excluding carboxylic acids is 3. The molecule has 0 heterocycles. The number of hydrogen-bond donors (Lipinski definition) is 0. The molecular formula is C3Cl2O3Ru+. The second-order valence-corrected chi connectivity index (χ2v) is 12.7. The zero-order chi connectivity index (χ0) is 7.57. The molecule has 0 aliphatic carbocycles. The van der Waals surface area contributed by atoms with E-state index in [-0.39, 0.29) is 0 Å². The molecule has 0 fully saturated rings. The van der Waals surface area contributed by atoms with Gasteiger partial charge in [0, 0.05) is 0 Å². The Labute approximate surface area is 57.6 Å². The van der Waals surface area contributed by atoms with Crippen molar-refractivity contribution in [3.8, 4) is 0 Å². The van der Waals surface area contributed by atoms with Gasteiger partial charge < -0.3 is 0 Å². The van der Waals surface area contributed by atoms with Crippen LogP contribution in [0.3, 0.4) is 0 Å². The normalized spacial score (nSPS) is 13.8. The van der Waals surface area contributed by atoms with Gasteiger partial charge in [-0.15, -0.1) is 0 Å². The Morgan fingerprint density at radius 2 is 1.11 bits per heavy atom. The van der Waals surface area contributed by atoms with Crippen molar-refractivity contribution >= 4 is 32.8 Å². The third kappa shape index (κ3) is 1.97. The van der Waals surface area contributed by atoms with Crippen LogP contribution in [0.5, 0.6) is 0 Å². The van der Waals surface area contributed by atoms with Crippen LogP contribution in [0.1, 0.15) is 0 Å². The Morgan fingerprint density at radius 3 is 1.11 bits per heavy atom. The molecule has 0 aromatic carbocycles. The topological polar surface area (TPSA) is 51.2 Å². The van der Waals surface area contributed by atoms with Crippen LogP contribution in [-0.2, 0) is 24.6 Å². The first kappa shape index (κ1) is 8.94. The SMILES string of the molecule is O=[C]=[Ru+]([Cl])([Cl])(=[C]=O)=[C]=O. The van der Waals surface area contributed by atoms with Gasteiger partial charge in [-0.05, 0) is 0 Å². The van der Waals surface area contributed by atoms with Crippen molar-refractivity contribution in [1.29, 1.82) is 0 Å². The van der Waals surface area contributed by atoms with Gasteiger partial charge in [-0.25, -0.2) is 0 Å². The molecular weight excluding hydrogens is 256 g/mol. The Hall–Kier alpha value is -0.0566. The van der Waals surface area contributed by atoms with Gasteiger partial charge in [-0.1, -0.05) is 0 Å². The van der Waals surface area contributed by atoms with E-state index < -0.39 is 10.3 Å². The van der Waals surface area contributed by atoms with E-state index in [1.165, 1.54) is 0 Å². The Kier molecular flexibility index (Phi) is 2.27. The third-order valence-corrected chi connectivity index (χ3v) is 4.19. The van der Waals surface area contributed by atoms with Crippen LogP contribution < -0.4 is 0 Å². The van der Waals surface area contributed by atoms with Crippen molar-refractivity contribution in [2.75, 3.05) is 0 Å². The minimum absolute atomic E-state index is 0.965. The molecule has 0 bridgehead atoms. The molecule has 0 rings (SSSR count). The van der Waals surface area contributed by atoms with Crippen molar-refractivity contribution in [2.24, 2.45) is 0 Å². The molecule has 0 spiro atoms. The zero-order valence-corrected chi connectivity index (χ0v) is 7.08. The summed E-state index contributed by atoms with van der Waals surface area (Å²) in [4.78, 5) is 29.3. The van der Waals surface area contributed by atoms with Crippen LogP contribution in [0.15, 0.2) is 0 Å². The quantitative estimate of drug-likeness (QED) is 0.581. The fraction of sp³-hybridized carbons (Fsp3) is 0. The molecule has 0 saturated heterocycles. The number of rotatable bonds is 0. The maximum atomic E-state index is 9.78. The average molecular weight is 256 g/mol. The van der Waals surface area contributed by atoms with Gasteiger partial charge in [-0.2, -0.15) is 0 Å². The van der Waals surface area contributed by atoms with Crippen molar-refractivity contribution in [1.82, 2.24) is 0 Å². The second-order valence-electron chi connectivity index (χ2n) is 0.933. The summed E-state index contributed by atoms with van der Waals surface area (Å²) >= 11 is 0. The van der Waals surface area contributed by atoms with E-state index in [2.05, 4.69) is 0 Å². The Morgan fingerprint density at radius 1 is 0.889 bits per heavy atom. The summed E-state index contributed by atoms with van der Waals surface area (Å²) in [5.74, 6) is 0. The van der Waals surface area contributed by atoms with Crippen LogP contribution in [0.2, 0.25) is 0 Å². The zero-order valence-electron chi connectivity index (χ0n) is 3.83. The van der Waals surface area contributed by atoms with Crippen LogP contribution in [0.25, 0.3) is 0 Å². The first-order valence-corrected chi connectivity index (χ1v) is 8.49. The van der Waals surface area contributed by atoms with Crippen molar-refractivity contribution in [2.45, 2.75) is 0 Å². The Balaban J connectivity index is 7.11. The first-order valence-electron chi connectivity index (χ1n) is 1.41. The summed E-state index contributed by atoms with van der Waals surface area (Å²) in [5.41, 5.74) is 0. The summed E-state index contributed by atoms with van der Waals surface area (Å²) in [5, 5.41) is 0. The van der Waals surface area contributed by atoms with E-state index in [1.54, 1.807) is 0 Å². The van der Waals surface area contributed by atoms with Crippen molar-refractivity contribution in [3.05, 3.63) is 0 Å². The molecule has 0 N–H and O–H groups in total. The molecule has 3 nitrogen and oxygen atoms in total. The predicted molar refractivity (Wildman–Crippen MR) is 28.8 cm³/mol. The molecule has 0 aliphatic heterocycles. The first-order chi connectivity index (χ1) is 3.96. The van der Waals surface area contributed by atoms with Gasteiger partial charge in [0.25, 0.3) is 0 Å². The van der Waals surface area contributed by atoms with E-state index in [0.717, 1.165) is 13.4 Å². The van der Waals surface area contributed by atoms with Gasteiger partial charge in [-0.3, -0.25) is 0 Å². The third-order valence-electron chi connectivity index (χ3n) is 0.380. The van der Waals surface area contributed by atoms with Crippen LogP contribution in [0.4, 0.5) is 0 Å². The van der Waals surface area contributed by atoms with Crippen LogP contribution in [-0.4, -0.2) is 13.4 Å². The van der Waals surface area contributed by atoms with Gasteiger partial charge in [0.2, 0.25) is 0 Å². The van der Waals surface area contributed by atoms with Crippen LogP contribution in [0, 0.1) is 0 Å². The maximum absolute atomic E-state index is 9.78. The van der Waals surface area contributed by atoms with Crippen molar-refractivity contribution in [3.63, 3.8) is 0 Å². The monoisotopic (exact) mass is 256 g/mol. The standard InChI is InChI=1S/3CO.2ClH.Ru/c3*1-2;;;/h;;;2*1H;/q;;;;;+3/p-2. The predicted octanol–water partition coefficient (Wildman–Crippen LogP) is 0.185. The van der Waals surface area contributed by atoms with E-state index in [0.29, 0.717) is 0 Å². The molecule has 0 saturated carbocycles. The molecule has 0 atom stereocenters. The summed E-state index contributed by atoms with van der Waals surface area (Å²) in [6, 6.07) is 0. The van der Waals surface area contributed by atoms with Gasteiger partial charge in [0.1, 0.15) is 0 Å². The van der Waals surface area contributed by atoms with Crippen LogP contribution >= 0.6 is 19.4 Å².